The van der Waals surface area contributed by atoms with Gasteiger partial charge >= 0.3 is 0 Å². The molecule has 1 aromatic rings. The Hall–Kier alpha value is -1.41. The number of hydrogen-bond donors (Lipinski definition) is 2. The Labute approximate surface area is 105 Å². The number of carbonyl (C=O) groups excluding carboxylic acids is 1. The number of aromatic nitrogens is 2. The fourth-order valence-electron chi connectivity index (χ4n) is 2.11. The lowest BCUT2D eigenvalue weighted by atomic mass is 10.2. The first-order valence-corrected chi connectivity index (χ1v) is 7.46. The minimum atomic E-state index is -3.06. The van der Waals surface area contributed by atoms with Gasteiger partial charge in [-0.3, -0.25) is 9.89 Å². The second-order valence-electron chi connectivity index (χ2n) is 4.27. The molecule has 1 fully saturated rings. The topological polar surface area (TPSA) is 103 Å². The molecule has 7 nitrogen and oxygen atoms in total. The predicted molar refractivity (Wildman–Crippen MR) is 63.8 cm³/mol. The van der Waals surface area contributed by atoms with Gasteiger partial charge in [-0.25, -0.2) is 8.42 Å². The average molecular weight is 273 g/mol. The lowest BCUT2D eigenvalue weighted by molar-refractivity contribution is 0.0655. The largest absolute Gasteiger partial charge is 0.395 e. The molecule has 0 saturated carbocycles. The standard InChI is InChI=1S/C10H15N3O4S/c14-3-2-13(9-1-4-18(16,17)7-9)10(15)8-5-11-12-6-8/h5-6,9,14H,1-4,7H2,(H,11,12). The second kappa shape index (κ2) is 5.07. The van der Waals surface area contributed by atoms with Crippen LogP contribution >= 0.6 is 0 Å². The van der Waals surface area contributed by atoms with E-state index in [-0.39, 0.29) is 36.6 Å². The average Bonchev–Trinajstić information content (AvgIpc) is 2.94. The van der Waals surface area contributed by atoms with Gasteiger partial charge in [0.1, 0.15) is 0 Å². The van der Waals surface area contributed by atoms with E-state index in [1.54, 1.807) is 0 Å². The van der Waals surface area contributed by atoms with Crippen LogP contribution in [-0.2, 0) is 9.84 Å². The molecule has 0 spiro atoms. The van der Waals surface area contributed by atoms with Crippen LogP contribution in [0.5, 0.6) is 0 Å². The summed E-state index contributed by atoms with van der Waals surface area (Å²) in [5, 5.41) is 15.2. The third-order valence-electron chi connectivity index (χ3n) is 3.00. The van der Waals surface area contributed by atoms with E-state index in [1.807, 2.05) is 0 Å². The zero-order chi connectivity index (χ0) is 13.2. The molecular weight excluding hydrogens is 258 g/mol. The summed E-state index contributed by atoms with van der Waals surface area (Å²) in [4.78, 5) is 13.6. The van der Waals surface area contributed by atoms with Crippen LogP contribution in [0.15, 0.2) is 12.4 Å². The van der Waals surface area contributed by atoms with Crippen LogP contribution in [0.3, 0.4) is 0 Å². The maximum absolute atomic E-state index is 12.2. The number of amides is 1. The number of aliphatic hydroxyl groups is 1. The van der Waals surface area contributed by atoms with E-state index in [0.717, 1.165) is 0 Å². The number of nitrogens with zero attached hydrogens (tertiary/aromatic N) is 2. The molecule has 2 N–H and O–H groups in total. The molecule has 0 bridgehead atoms. The zero-order valence-corrected chi connectivity index (χ0v) is 10.6. The fourth-order valence-corrected chi connectivity index (χ4v) is 3.84. The highest BCUT2D eigenvalue weighted by molar-refractivity contribution is 7.91. The van der Waals surface area contributed by atoms with Crippen molar-refractivity contribution in [3.05, 3.63) is 18.0 Å². The number of carbonyl (C=O) groups is 1. The summed E-state index contributed by atoms with van der Waals surface area (Å²) in [5.41, 5.74) is 0.368. The van der Waals surface area contributed by atoms with Gasteiger partial charge in [0.05, 0.1) is 29.9 Å². The number of sulfone groups is 1. The smallest absolute Gasteiger partial charge is 0.257 e. The Bertz CT molecular complexity index is 511. The Kier molecular flexibility index (Phi) is 3.67. The van der Waals surface area contributed by atoms with Gasteiger partial charge in [0.15, 0.2) is 9.84 Å². The lowest BCUT2D eigenvalue weighted by Crippen LogP contribution is -2.42. The van der Waals surface area contributed by atoms with Crippen molar-refractivity contribution in [1.82, 2.24) is 15.1 Å². The Balaban J connectivity index is 2.16. The summed E-state index contributed by atoms with van der Waals surface area (Å²) in [6.07, 6.45) is 3.26. The highest BCUT2D eigenvalue weighted by Crippen LogP contribution is 2.19. The molecule has 1 atom stereocenters. The number of hydrogen-bond acceptors (Lipinski definition) is 5. The van der Waals surface area contributed by atoms with E-state index in [4.69, 9.17) is 5.11 Å². The minimum absolute atomic E-state index is 0.0312. The Morgan fingerprint density at radius 1 is 1.61 bits per heavy atom. The summed E-state index contributed by atoms with van der Waals surface area (Å²) in [6.45, 7) is -0.0651. The predicted octanol–water partition coefficient (Wildman–Crippen LogP) is -0.969. The summed E-state index contributed by atoms with van der Waals surface area (Å²) >= 11 is 0. The molecular formula is C10H15N3O4S. The van der Waals surface area contributed by atoms with Crippen LogP contribution in [0.25, 0.3) is 0 Å². The van der Waals surface area contributed by atoms with Crippen molar-refractivity contribution < 1.29 is 18.3 Å². The summed E-state index contributed by atoms with van der Waals surface area (Å²) in [6, 6.07) is -0.357. The maximum Gasteiger partial charge on any atom is 0.257 e. The quantitative estimate of drug-likeness (QED) is 0.734. The van der Waals surface area contributed by atoms with Crippen LogP contribution in [0.2, 0.25) is 0 Å². The highest BCUT2D eigenvalue weighted by Gasteiger charge is 2.34. The summed E-state index contributed by atoms with van der Waals surface area (Å²) in [7, 11) is -3.06. The first kappa shape index (κ1) is 13.0. The number of H-pyrrole nitrogens is 1. The molecule has 100 valence electrons. The van der Waals surface area contributed by atoms with Crippen LogP contribution in [0.4, 0.5) is 0 Å². The van der Waals surface area contributed by atoms with E-state index < -0.39 is 9.84 Å². The molecule has 1 saturated heterocycles. The molecule has 8 heteroatoms. The molecule has 2 heterocycles. The van der Waals surface area contributed by atoms with E-state index in [2.05, 4.69) is 10.2 Å². The van der Waals surface area contributed by atoms with Gasteiger partial charge in [0.25, 0.3) is 5.91 Å². The lowest BCUT2D eigenvalue weighted by Gasteiger charge is -2.27. The van der Waals surface area contributed by atoms with E-state index >= 15 is 0 Å². The van der Waals surface area contributed by atoms with Crippen LogP contribution in [0.1, 0.15) is 16.8 Å². The first-order valence-electron chi connectivity index (χ1n) is 5.64. The number of aromatic amines is 1. The van der Waals surface area contributed by atoms with E-state index in [9.17, 15) is 13.2 Å². The zero-order valence-electron chi connectivity index (χ0n) is 9.74. The molecule has 0 radical (unpaired) electrons. The SMILES string of the molecule is O=C(c1cn[nH]c1)N(CCO)C1CCS(=O)(=O)C1. The molecule has 18 heavy (non-hydrogen) atoms. The second-order valence-corrected chi connectivity index (χ2v) is 6.49. The summed E-state index contributed by atoms with van der Waals surface area (Å²) in [5.74, 6) is -0.241. The van der Waals surface area contributed by atoms with Crippen molar-refractivity contribution in [2.24, 2.45) is 0 Å². The van der Waals surface area contributed by atoms with E-state index in [0.29, 0.717) is 12.0 Å². The van der Waals surface area contributed by atoms with Gasteiger partial charge < -0.3 is 10.0 Å². The molecule has 1 aliphatic rings. The van der Waals surface area contributed by atoms with Crippen molar-refractivity contribution in [1.29, 1.82) is 0 Å². The minimum Gasteiger partial charge on any atom is -0.395 e. The molecule has 0 aromatic carbocycles. The summed E-state index contributed by atoms with van der Waals surface area (Å²) < 4.78 is 22.9. The van der Waals surface area contributed by atoms with Crippen molar-refractivity contribution >= 4 is 15.7 Å². The Morgan fingerprint density at radius 3 is 2.89 bits per heavy atom. The number of nitrogens with one attached hydrogen (secondary N) is 1. The number of rotatable bonds is 4. The van der Waals surface area contributed by atoms with Crippen LogP contribution in [0, 0.1) is 0 Å². The first-order chi connectivity index (χ1) is 8.53. The number of aliphatic hydroxyl groups excluding tert-OH is 1. The van der Waals surface area contributed by atoms with Crippen LogP contribution < -0.4 is 0 Å². The molecule has 1 unspecified atom stereocenters. The monoisotopic (exact) mass is 273 g/mol. The van der Waals surface area contributed by atoms with Crippen molar-refractivity contribution in [2.75, 3.05) is 24.7 Å². The highest BCUT2D eigenvalue weighted by atomic mass is 32.2. The Morgan fingerprint density at radius 2 is 2.39 bits per heavy atom. The van der Waals surface area contributed by atoms with Gasteiger partial charge in [-0.2, -0.15) is 5.10 Å². The van der Waals surface area contributed by atoms with Gasteiger partial charge in [0.2, 0.25) is 0 Å². The van der Waals surface area contributed by atoms with Crippen LogP contribution in [-0.4, -0.2) is 65.2 Å². The van der Waals surface area contributed by atoms with Gasteiger partial charge in [-0.1, -0.05) is 0 Å². The van der Waals surface area contributed by atoms with Gasteiger partial charge in [0, 0.05) is 18.8 Å². The third-order valence-corrected chi connectivity index (χ3v) is 4.75. The molecule has 1 aromatic heterocycles. The molecule has 1 aliphatic heterocycles. The molecule has 0 aliphatic carbocycles. The van der Waals surface area contributed by atoms with Gasteiger partial charge in [-0.15, -0.1) is 0 Å². The van der Waals surface area contributed by atoms with Crippen molar-refractivity contribution in [2.45, 2.75) is 12.5 Å². The maximum atomic E-state index is 12.2. The molecule has 1 amide bonds. The van der Waals surface area contributed by atoms with Crippen molar-refractivity contribution in [3.8, 4) is 0 Å². The van der Waals surface area contributed by atoms with Gasteiger partial charge in [-0.05, 0) is 6.42 Å². The van der Waals surface area contributed by atoms with Crippen molar-refractivity contribution in [3.63, 3.8) is 0 Å². The third kappa shape index (κ3) is 2.70. The fraction of sp³-hybridized carbons (Fsp3) is 0.600. The molecule has 2 rings (SSSR count). The van der Waals surface area contributed by atoms with E-state index in [1.165, 1.54) is 17.3 Å². The normalized spacial score (nSPS) is 21.9.